The first-order valence-corrected chi connectivity index (χ1v) is 9.19. The molecule has 27 heavy (non-hydrogen) atoms. The quantitative estimate of drug-likeness (QED) is 0.817. The number of anilines is 1. The fourth-order valence-corrected chi connectivity index (χ4v) is 3.79. The van der Waals surface area contributed by atoms with Gasteiger partial charge in [0, 0.05) is 18.8 Å². The number of halogens is 3. The Morgan fingerprint density at radius 2 is 1.78 bits per heavy atom. The van der Waals surface area contributed by atoms with E-state index in [1.807, 2.05) is 0 Å². The van der Waals surface area contributed by atoms with Gasteiger partial charge in [-0.1, -0.05) is 17.8 Å². The molecule has 2 aliphatic heterocycles. The van der Waals surface area contributed by atoms with Crippen molar-refractivity contribution in [3.8, 4) is 0 Å². The lowest BCUT2D eigenvalue weighted by Crippen LogP contribution is -2.44. The predicted octanol–water partition coefficient (Wildman–Crippen LogP) is 3.03. The zero-order valence-corrected chi connectivity index (χ0v) is 15.0. The Bertz CT molecular complexity index is 731. The van der Waals surface area contributed by atoms with Crippen LogP contribution in [-0.2, 0) is 15.7 Å². The number of carbonyl (C=O) groups is 2. The normalized spacial score (nSPS) is 20.2. The minimum Gasteiger partial charge on any atom is -0.378 e. The Hall–Kier alpha value is -2.20. The summed E-state index contributed by atoms with van der Waals surface area (Å²) in [5.74, 6) is 0.0134. The molecule has 0 bridgehead atoms. The van der Waals surface area contributed by atoms with Crippen LogP contribution >= 0.6 is 11.8 Å². The average molecular weight is 401 g/mol. The highest BCUT2D eigenvalue weighted by Crippen LogP contribution is 2.32. The lowest BCUT2D eigenvalue weighted by Gasteiger charge is -2.28. The second-order valence-corrected chi connectivity index (χ2v) is 7.25. The average Bonchev–Trinajstić information content (AvgIpc) is 3.09. The molecule has 1 aromatic rings. The van der Waals surface area contributed by atoms with Crippen molar-refractivity contribution in [3.05, 3.63) is 40.9 Å². The summed E-state index contributed by atoms with van der Waals surface area (Å²) in [6, 6.07) is 3.59. The summed E-state index contributed by atoms with van der Waals surface area (Å²) in [4.78, 5) is 26.2. The van der Waals surface area contributed by atoms with Crippen LogP contribution < -0.4 is 10.6 Å². The first-order valence-electron chi connectivity index (χ1n) is 8.31. The predicted molar refractivity (Wildman–Crippen MR) is 95.1 cm³/mol. The third-order valence-electron chi connectivity index (χ3n) is 4.09. The van der Waals surface area contributed by atoms with Gasteiger partial charge < -0.3 is 20.3 Å². The maximum atomic E-state index is 12.5. The third-order valence-corrected chi connectivity index (χ3v) is 5.29. The topological polar surface area (TPSA) is 70.7 Å². The molecule has 146 valence electrons. The molecule has 1 saturated heterocycles. The molecule has 1 aromatic carbocycles. The number of amides is 3. The van der Waals surface area contributed by atoms with E-state index >= 15 is 0 Å². The van der Waals surface area contributed by atoms with Crippen molar-refractivity contribution in [1.29, 1.82) is 0 Å². The van der Waals surface area contributed by atoms with E-state index in [9.17, 15) is 22.8 Å². The summed E-state index contributed by atoms with van der Waals surface area (Å²) in [5.41, 5.74) is -0.544. The van der Waals surface area contributed by atoms with Crippen LogP contribution in [0.2, 0.25) is 0 Å². The molecule has 2 N–H and O–H groups in total. The minimum absolute atomic E-state index is 0.0134. The van der Waals surface area contributed by atoms with Gasteiger partial charge in [0.1, 0.15) is 0 Å². The largest absolute Gasteiger partial charge is 0.416 e. The molecule has 0 aromatic heterocycles. The number of allylic oxidation sites excluding steroid dienone is 1. The maximum Gasteiger partial charge on any atom is 0.416 e. The summed E-state index contributed by atoms with van der Waals surface area (Å²) < 4.78 is 42.9. The number of alkyl halides is 3. The zero-order valence-electron chi connectivity index (χ0n) is 14.2. The van der Waals surface area contributed by atoms with Crippen molar-refractivity contribution >= 4 is 29.4 Å². The van der Waals surface area contributed by atoms with Crippen molar-refractivity contribution < 1.29 is 27.5 Å². The molecule has 0 aliphatic carbocycles. The van der Waals surface area contributed by atoms with Crippen LogP contribution in [0.1, 0.15) is 12.0 Å². The molecule has 1 fully saturated rings. The number of morpholine rings is 1. The van der Waals surface area contributed by atoms with Crippen molar-refractivity contribution in [2.24, 2.45) is 0 Å². The van der Waals surface area contributed by atoms with Crippen LogP contribution in [0.15, 0.2) is 35.4 Å². The number of carbonyl (C=O) groups excluding carboxylic acids is 2. The molecule has 0 saturated carbocycles. The second kappa shape index (κ2) is 8.22. The van der Waals surface area contributed by atoms with E-state index in [2.05, 4.69) is 10.6 Å². The van der Waals surface area contributed by atoms with E-state index in [0.717, 1.165) is 12.1 Å². The summed E-state index contributed by atoms with van der Waals surface area (Å²) in [7, 11) is 0. The first-order chi connectivity index (χ1) is 12.8. The van der Waals surface area contributed by atoms with E-state index in [0.29, 0.717) is 37.8 Å². The lowest BCUT2D eigenvalue weighted by atomic mass is 10.2. The van der Waals surface area contributed by atoms with Crippen LogP contribution in [0.4, 0.5) is 23.7 Å². The van der Waals surface area contributed by atoms with Gasteiger partial charge in [-0.3, -0.25) is 4.79 Å². The van der Waals surface area contributed by atoms with Gasteiger partial charge in [0.2, 0.25) is 5.91 Å². The molecule has 1 unspecified atom stereocenters. The van der Waals surface area contributed by atoms with Crippen LogP contribution in [0, 0.1) is 0 Å². The van der Waals surface area contributed by atoms with Crippen LogP contribution in [0.25, 0.3) is 0 Å². The number of hydrogen-bond donors (Lipinski definition) is 2. The van der Waals surface area contributed by atoms with Gasteiger partial charge in [-0.2, -0.15) is 13.2 Å². The van der Waals surface area contributed by atoms with E-state index < -0.39 is 17.8 Å². The van der Waals surface area contributed by atoms with Gasteiger partial charge in [0.25, 0.3) is 0 Å². The van der Waals surface area contributed by atoms with E-state index in [4.69, 9.17) is 4.74 Å². The Labute approximate surface area is 158 Å². The second-order valence-electron chi connectivity index (χ2n) is 6.00. The highest BCUT2D eigenvalue weighted by molar-refractivity contribution is 8.04. The van der Waals surface area contributed by atoms with Crippen molar-refractivity contribution in [3.63, 3.8) is 0 Å². The molecule has 2 heterocycles. The highest BCUT2D eigenvalue weighted by atomic mass is 32.2. The minimum atomic E-state index is -4.42. The Morgan fingerprint density at radius 1 is 1.11 bits per heavy atom. The fraction of sp³-hybridized carbons (Fsp3) is 0.412. The smallest absolute Gasteiger partial charge is 0.378 e. The van der Waals surface area contributed by atoms with Crippen LogP contribution in [-0.4, -0.2) is 48.4 Å². The van der Waals surface area contributed by atoms with Gasteiger partial charge in [0.15, 0.2) is 0 Å². The molecule has 3 amide bonds. The lowest BCUT2D eigenvalue weighted by molar-refractivity contribution is -0.137. The van der Waals surface area contributed by atoms with Gasteiger partial charge in [-0.15, -0.1) is 0 Å². The Morgan fingerprint density at radius 3 is 2.41 bits per heavy atom. The molecule has 10 heteroatoms. The molecule has 0 radical (unpaired) electrons. The monoisotopic (exact) mass is 401 g/mol. The summed E-state index contributed by atoms with van der Waals surface area (Å²) in [6.07, 6.45) is -2.15. The van der Waals surface area contributed by atoms with Gasteiger partial charge in [-0.25, -0.2) is 4.79 Å². The number of nitrogens with zero attached hydrogens (tertiary/aromatic N) is 1. The first kappa shape index (κ1) is 19.6. The number of thioether (sulfide) groups is 1. The summed E-state index contributed by atoms with van der Waals surface area (Å²) in [5, 5.41) is 5.35. The molecule has 2 aliphatic rings. The number of nitrogens with one attached hydrogen (secondary N) is 2. The van der Waals surface area contributed by atoms with E-state index in [-0.39, 0.29) is 16.8 Å². The number of benzene rings is 1. The van der Waals surface area contributed by atoms with E-state index in [1.54, 1.807) is 11.0 Å². The standard InChI is InChI=1S/C17H18F3N3O3S/c18-17(19,20)11-1-3-12(4-2-11)21-16(25)22-14-6-5-13(27-14)15(24)23-7-9-26-10-8-23/h1-4,6,13H,5,7-10H2,(H2,21,22,25). The third kappa shape index (κ3) is 5.16. The number of urea groups is 1. The highest BCUT2D eigenvalue weighted by Gasteiger charge is 2.31. The van der Waals surface area contributed by atoms with Gasteiger partial charge >= 0.3 is 12.2 Å². The number of ether oxygens (including phenoxy) is 1. The molecule has 6 nitrogen and oxygen atoms in total. The Kier molecular flexibility index (Phi) is 5.95. The summed E-state index contributed by atoms with van der Waals surface area (Å²) >= 11 is 1.27. The van der Waals surface area contributed by atoms with Crippen molar-refractivity contribution in [2.75, 3.05) is 31.6 Å². The number of rotatable bonds is 3. The van der Waals surface area contributed by atoms with Gasteiger partial charge in [-0.05, 0) is 30.7 Å². The van der Waals surface area contributed by atoms with Crippen molar-refractivity contribution in [1.82, 2.24) is 10.2 Å². The van der Waals surface area contributed by atoms with Crippen LogP contribution in [0.5, 0.6) is 0 Å². The molecular weight excluding hydrogens is 383 g/mol. The van der Waals surface area contributed by atoms with Crippen molar-refractivity contribution in [2.45, 2.75) is 17.8 Å². The van der Waals surface area contributed by atoms with E-state index in [1.165, 1.54) is 23.9 Å². The maximum absolute atomic E-state index is 12.5. The fourth-order valence-electron chi connectivity index (χ4n) is 2.70. The molecule has 3 rings (SSSR count). The number of hydrogen-bond acceptors (Lipinski definition) is 4. The molecular formula is C17H18F3N3O3S. The Balaban J connectivity index is 1.48. The zero-order chi connectivity index (χ0) is 19.4. The molecule has 1 atom stereocenters. The summed E-state index contributed by atoms with van der Waals surface area (Å²) in [6.45, 7) is 2.18. The van der Waals surface area contributed by atoms with Gasteiger partial charge in [0.05, 0.1) is 29.1 Å². The van der Waals surface area contributed by atoms with Crippen LogP contribution in [0.3, 0.4) is 0 Å². The SMILES string of the molecule is O=C(NC1=CCC(C(=O)N2CCOCC2)S1)Nc1ccc(C(F)(F)F)cc1. The molecule has 0 spiro atoms.